The number of rotatable bonds is 7. The van der Waals surface area contributed by atoms with Crippen LogP contribution in [0.1, 0.15) is 11.1 Å². The largest absolute Gasteiger partial charge is 0.504 e. The number of aromatic hydroxyl groups is 2. The number of phenols is 2. The molecule has 0 aliphatic rings. The molecule has 3 aromatic rings. The molecule has 0 heterocycles. The molecule has 0 unspecified atom stereocenters. The van der Waals surface area contributed by atoms with Crippen LogP contribution in [0.5, 0.6) is 11.5 Å². The number of hydrazone groups is 1. The standard InChI is InChI=1S/C20H16N4O6/c25-19-12-14(11-18(20(19)26)24(29)30)17(10-13-4-2-1-3-5-13)22-21-15-6-8-16(9-7-15)23(27)28/h1-9,11-12,21,25-26H,10H2/b22-17+. The van der Waals surface area contributed by atoms with Gasteiger partial charge < -0.3 is 10.2 Å². The van der Waals surface area contributed by atoms with Crippen LogP contribution < -0.4 is 5.43 Å². The second kappa shape index (κ2) is 8.69. The minimum absolute atomic E-state index is 0.0758. The number of nitrogens with zero attached hydrogens (tertiary/aromatic N) is 3. The van der Waals surface area contributed by atoms with Gasteiger partial charge in [-0.25, -0.2) is 0 Å². The number of non-ortho nitro benzene ring substituents is 1. The van der Waals surface area contributed by atoms with Crippen LogP contribution >= 0.6 is 0 Å². The summed E-state index contributed by atoms with van der Waals surface area (Å²) in [6.07, 6.45) is 0.266. The Morgan fingerprint density at radius 1 is 0.933 bits per heavy atom. The number of hydrogen-bond acceptors (Lipinski definition) is 8. The monoisotopic (exact) mass is 408 g/mol. The Labute approximate surface area is 170 Å². The number of nitro benzene ring substituents is 2. The number of benzene rings is 3. The first kappa shape index (κ1) is 20.3. The van der Waals surface area contributed by atoms with Crippen molar-refractivity contribution >= 4 is 22.8 Å². The SMILES string of the molecule is O=[N+]([O-])c1ccc(N/N=C(\Cc2ccccc2)c2cc(O)c(O)c([N+](=O)[O-])c2)cc1. The van der Waals surface area contributed by atoms with E-state index in [-0.39, 0.29) is 17.7 Å². The third kappa shape index (κ3) is 4.68. The lowest BCUT2D eigenvalue weighted by molar-refractivity contribution is -0.386. The lowest BCUT2D eigenvalue weighted by Crippen LogP contribution is -2.09. The fourth-order valence-corrected chi connectivity index (χ4v) is 2.70. The molecule has 0 atom stereocenters. The number of phenolic OH excluding ortho intramolecular Hbond substituents is 2. The molecule has 0 aliphatic carbocycles. The van der Waals surface area contributed by atoms with Crippen LogP contribution in [0.3, 0.4) is 0 Å². The Morgan fingerprint density at radius 3 is 2.20 bits per heavy atom. The van der Waals surface area contributed by atoms with Gasteiger partial charge in [-0.1, -0.05) is 30.3 Å². The van der Waals surface area contributed by atoms with E-state index in [4.69, 9.17) is 0 Å². The van der Waals surface area contributed by atoms with Crippen LogP contribution in [0.15, 0.2) is 71.8 Å². The van der Waals surface area contributed by atoms with Gasteiger partial charge in [-0.05, 0) is 23.8 Å². The summed E-state index contributed by atoms with van der Waals surface area (Å²) in [4.78, 5) is 20.6. The lowest BCUT2D eigenvalue weighted by atomic mass is 10.0. The highest BCUT2D eigenvalue weighted by Crippen LogP contribution is 2.36. The van der Waals surface area contributed by atoms with E-state index in [1.165, 1.54) is 30.3 Å². The summed E-state index contributed by atoms with van der Waals surface area (Å²) in [6, 6.07) is 17.0. The molecule has 3 aromatic carbocycles. The van der Waals surface area contributed by atoms with Crippen LogP contribution in [-0.2, 0) is 6.42 Å². The molecule has 10 nitrogen and oxygen atoms in total. The topological polar surface area (TPSA) is 151 Å². The lowest BCUT2D eigenvalue weighted by Gasteiger charge is -2.10. The molecule has 152 valence electrons. The van der Waals surface area contributed by atoms with Crippen molar-refractivity contribution in [2.24, 2.45) is 5.10 Å². The predicted molar refractivity (Wildman–Crippen MR) is 110 cm³/mol. The first-order valence-electron chi connectivity index (χ1n) is 8.67. The molecule has 0 radical (unpaired) electrons. The molecule has 0 fully saturated rings. The van der Waals surface area contributed by atoms with Crippen molar-refractivity contribution in [1.29, 1.82) is 0 Å². The molecule has 3 N–H and O–H groups in total. The Kier molecular flexibility index (Phi) is 5.87. The van der Waals surface area contributed by atoms with Gasteiger partial charge in [0.2, 0.25) is 5.75 Å². The van der Waals surface area contributed by atoms with Crippen molar-refractivity contribution in [2.75, 3.05) is 5.43 Å². The van der Waals surface area contributed by atoms with E-state index in [2.05, 4.69) is 10.5 Å². The summed E-state index contributed by atoms with van der Waals surface area (Å²) in [6.45, 7) is 0. The van der Waals surface area contributed by atoms with Gasteiger partial charge in [0.05, 0.1) is 21.2 Å². The minimum atomic E-state index is -0.828. The van der Waals surface area contributed by atoms with E-state index in [0.717, 1.165) is 11.6 Å². The smallest absolute Gasteiger partial charge is 0.315 e. The van der Waals surface area contributed by atoms with E-state index < -0.39 is 27.0 Å². The highest BCUT2D eigenvalue weighted by atomic mass is 16.6. The molecule has 0 bridgehead atoms. The van der Waals surface area contributed by atoms with Crippen molar-refractivity contribution in [2.45, 2.75) is 6.42 Å². The number of hydrogen-bond donors (Lipinski definition) is 3. The first-order valence-corrected chi connectivity index (χ1v) is 8.67. The summed E-state index contributed by atoms with van der Waals surface area (Å²) in [5, 5.41) is 45.9. The average Bonchev–Trinajstić information content (AvgIpc) is 2.73. The maximum absolute atomic E-state index is 11.2. The molecule has 0 aromatic heterocycles. The zero-order chi connectivity index (χ0) is 21.7. The van der Waals surface area contributed by atoms with E-state index >= 15 is 0 Å². The molecular weight excluding hydrogens is 392 g/mol. The second-order valence-electron chi connectivity index (χ2n) is 6.26. The summed E-state index contributed by atoms with van der Waals surface area (Å²) in [5.41, 5.74) is 3.93. The Balaban J connectivity index is 1.99. The van der Waals surface area contributed by atoms with Crippen LogP contribution in [-0.4, -0.2) is 25.8 Å². The molecule has 0 saturated carbocycles. The zero-order valence-electron chi connectivity index (χ0n) is 15.4. The van der Waals surface area contributed by atoms with Crippen molar-refractivity contribution in [3.05, 3.63) is 98.1 Å². The maximum atomic E-state index is 11.2. The Hall–Kier alpha value is -4.47. The Morgan fingerprint density at radius 2 is 1.60 bits per heavy atom. The van der Waals surface area contributed by atoms with Gasteiger partial charge >= 0.3 is 5.69 Å². The van der Waals surface area contributed by atoms with Gasteiger partial charge in [0.15, 0.2) is 5.75 Å². The van der Waals surface area contributed by atoms with Gasteiger partial charge in [0, 0.05) is 30.2 Å². The van der Waals surface area contributed by atoms with Gasteiger partial charge in [0.1, 0.15) is 0 Å². The maximum Gasteiger partial charge on any atom is 0.315 e. The van der Waals surface area contributed by atoms with Crippen LogP contribution in [0.2, 0.25) is 0 Å². The fraction of sp³-hybridized carbons (Fsp3) is 0.0500. The molecule has 3 rings (SSSR count). The molecule has 30 heavy (non-hydrogen) atoms. The number of anilines is 1. The van der Waals surface area contributed by atoms with E-state index in [9.17, 15) is 30.4 Å². The van der Waals surface area contributed by atoms with Crippen LogP contribution in [0, 0.1) is 20.2 Å². The molecule has 10 heteroatoms. The first-order chi connectivity index (χ1) is 14.3. The summed E-state index contributed by atoms with van der Waals surface area (Å²) in [7, 11) is 0. The van der Waals surface area contributed by atoms with E-state index in [1.54, 1.807) is 0 Å². The third-order valence-corrected chi connectivity index (χ3v) is 4.21. The average molecular weight is 408 g/mol. The van der Waals surface area contributed by atoms with E-state index in [0.29, 0.717) is 11.4 Å². The predicted octanol–water partition coefficient (Wildman–Crippen LogP) is 3.97. The quantitative estimate of drug-likeness (QED) is 0.231. The van der Waals surface area contributed by atoms with Crippen molar-refractivity contribution in [3.63, 3.8) is 0 Å². The molecular formula is C20H16N4O6. The van der Waals surface area contributed by atoms with Crippen molar-refractivity contribution in [3.8, 4) is 11.5 Å². The fourth-order valence-electron chi connectivity index (χ4n) is 2.70. The van der Waals surface area contributed by atoms with Crippen molar-refractivity contribution in [1.82, 2.24) is 0 Å². The minimum Gasteiger partial charge on any atom is -0.504 e. The number of nitro groups is 2. The van der Waals surface area contributed by atoms with Gasteiger partial charge in [-0.3, -0.25) is 25.7 Å². The van der Waals surface area contributed by atoms with Gasteiger partial charge in [-0.15, -0.1) is 0 Å². The van der Waals surface area contributed by atoms with Crippen LogP contribution in [0.25, 0.3) is 0 Å². The Bertz CT molecular complexity index is 1110. The van der Waals surface area contributed by atoms with Crippen LogP contribution in [0.4, 0.5) is 17.1 Å². The molecule has 0 spiro atoms. The summed E-state index contributed by atoms with van der Waals surface area (Å²) >= 11 is 0. The zero-order valence-corrected chi connectivity index (χ0v) is 15.4. The molecule has 0 saturated heterocycles. The second-order valence-corrected chi connectivity index (χ2v) is 6.26. The normalized spacial score (nSPS) is 11.1. The summed E-state index contributed by atoms with van der Waals surface area (Å²) in [5.74, 6) is -1.47. The van der Waals surface area contributed by atoms with Gasteiger partial charge in [0.25, 0.3) is 5.69 Å². The van der Waals surface area contributed by atoms with E-state index in [1.807, 2.05) is 30.3 Å². The summed E-state index contributed by atoms with van der Waals surface area (Å²) < 4.78 is 0. The third-order valence-electron chi connectivity index (χ3n) is 4.21. The highest BCUT2D eigenvalue weighted by Gasteiger charge is 2.21. The molecule has 0 amide bonds. The van der Waals surface area contributed by atoms with Crippen molar-refractivity contribution < 1.29 is 20.1 Å². The highest BCUT2D eigenvalue weighted by molar-refractivity contribution is 6.03. The molecule has 0 aliphatic heterocycles. The number of nitrogens with one attached hydrogen (secondary N) is 1. The van der Waals surface area contributed by atoms with Gasteiger partial charge in [-0.2, -0.15) is 5.10 Å².